The molecule has 1 heterocycles. The summed E-state index contributed by atoms with van der Waals surface area (Å²) >= 11 is 0. The van der Waals surface area contributed by atoms with Gasteiger partial charge in [0.05, 0.1) is 15.8 Å². The van der Waals surface area contributed by atoms with Gasteiger partial charge in [0.15, 0.2) is 0 Å². The van der Waals surface area contributed by atoms with Crippen LogP contribution in [0.5, 0.6) is 0 Å². The van der Waals surface area contributed by atoms with Crippen molar-refractivity contribution < 1.29 is 4.92 Å². The maximum absolute atomic E-state index is 11.1. The third kappa shape index (κ3) is 3.36. The minimum Gasteiger partial charge on any atom is -0.314 e. The lowest BCUT2D eigenvalue weighted by molar-refractivity contribution is -0.383. The molecule has 1 aromatic heterocycles. The van der Waals surface area contributed by atoms with E-state index in [0.29, 0.717) is 17.3 Å². The zero-order chi connectivity index (χ0) is 15.4. The molecule has 0 radical (unpaired) electrons. The number of likely N-dealkylation sites (N-methyl/N-ethyl adjacent to an activating group) is 1. The Morgan fingerprint density at radius 2 is 2.10 bits per heavy atom. The van der Waals surface area contributed by atoms with E-state index in [1.165, 1.54) is 0 Å². The van der Waals surface area contributed by atoms with Crippen LogP contribution in [0.25, 0.3) is 10.9 Å². The van der Waals surface area contributed by atoms with Gasteiger partial charge in [-0.1, -0.05) is 20.8 Å². The van der Waals surface area contributed by atoms with E-state index in [4.69, 9.17) is 0 Å². The van der Waals surface area contributed by atoms with Crippen LogP contribution in [-0.4, -0.2) is 22.5 Å². The Kier molecular flexibility index (Phi) is 4.85. The van der Waals surface area contributed by atoms with E-state index in [0.717, 1.165) is 24.0 Å². The van der Waals surface area contributed by atoms with E-state index >= 15 is 0 Å². The van der Waals surface area contributed by atoms with Crippen LogP contribution < -0.4 is 5.32 Å². The van der Waals surface area contributed by atoms with Crippen LogP contribution in [0.15, 0.2) is 30.5 Å². The number of nitrogens with one attached hydrogen (secondary N) is 1. The molecule has 5 heteroatoms. The molecule has 5 nitrogen and oxygen atoms in total. The first-order valence-corrected chi connectivity index (χ1v) is 7.29. The van der Waals surface area contributed by atoms with Crippen molar-refractivity contribution in [1.82, 2.24) is 10.3 Å². The number of hydrogen-bond donors (Lipinski definition) is 1. The van der Waals surface area contributed by atoms with Crippen molar-refractivity contribution in [1.29, 1.82) is 0 Å². The number of benzene rings is 1. The zero-order valence-corrected chi connectivity index (χ0v) is 12.7. The summed E-state index contributed by atoms with van der Waals surface area (Å²) in [6.07, 6.45) is 2.50. The van der Waals surface area contributed by atoms with E-state index in [9.17, 15) is 10.1 Å². The topological polar surface area (TPSA) is 68.1 Å². The smallest absolute Gasteiger partial charge is 0.278 e. The Hall–Kier alpha value is -2.01. The standard InChI is InChI=1S/C16H21N3O2/c1-4-17-14(11(2)3)10-12-7-8-15(19(20)21)13-6-5-9-18-16(12)13/h5-9,11,14,17H,4,10H2,1-3H3. The van der Waals surface area contributed by atoms with Crippen LogP contribution in [0.2, 0.25) is 0 Å². The average Bonchev–Trinajstić information content (AvgIpc) is 2.46. The highest BCUT2D eigenvalue weighted by Crippen LogP contribution is 2.28. The Morgan fingerprint density at radius 1 is 1.33 bits per heavy atom. The van der Waals surface area contributed by atoms with Crippen LogP contribution in [0.1, 0.15) is 26.3 Å². The van der Waals surface area contributed by atoms with Gasteiger partial charge in [-0.15, -0.1) is 0 Å². The predicted octanol–water partition coefficient (Wildman–Crippen LogP) is 3.32. The average molecular weight is 287 g/mol. The SMILES string of the molecule is CCNC(Cc1ccc([N+](=O)[O-])c2cccnc12)C(C)C. The van der Waals surface area contributed by atoms with Gasteiger partial charge in [-0.05, 0) is 42.6 Å². The monoisotopic (exact) mass is 287 g/mol. The van der Waals surface area contributed by atoms with Crippen molar-refractivity contribution in [2.45, 2.75) is 33.2 Å². The summed E-state index contributed by atoms with van der Waals surface area (Å²) in [4.78, 5) is 15.1. The lowest BCUT2D eigenvalue weighted by Crippen LogP contribution is -2.35. The molecule has 112 valence electrons. The summed E-state index contributed by atoms with van der Waals surface area (Å²) in [5, 5.41) is 15.2. The van der Waals surface area contributed by atoms with Crippen LogP contribution in [0, 0.1) is 16.0 Å². The largest absolute Gasteiger partial charge is 0.314 e. The number of fused-ring (bicyclic) bond motifs is 1. The summed E-state index contributed by atoms with van der Waals surface area (Å²) in [6.45, 7) is 7.34. The first-order valence-electron chi connectivity index (χ1n) is 7.29. The van der Waals surface area contributed by atoms with Gasteiger partial charge in [-0.3, -0.25) is 15.1 Å². The molecule has 0 saturated heterocycles. The molecule has 1 unspecified atom stereocenters. The summed E-state index contributed by atoms with van der Waals surface area (Å²) in [5.41, 5.74) is 1.90. The molecule has 21 heavy (non-hydrogen) atoms. The van der Waals surface area contributed by atoms with Crippen molar-refractivity contribution in [2.24, 2.45) is 5.92 Å². The number of nitrogens with zero attached hydrogens (tertiary/aromatic N) is 2. The fraction of sp³-hybridized carbons (Fsp3) is 0.438. The van der Waals surface area contributed by atoms with E-state index in [1.807, 2.05) is 6.07 Å². The predicted molar refractivity (Wildman–Crippen MR) is 84.4 cm³/mol. The number of rotatable bonds is 6. The van der Waals surface area contributed by atoms with Gasteiger partial charge < -0.3 is 5.32 Å². The van der Waals surface area contributed by atoms with Crippen molar-refractivity contribution in [3.05, 3.63) is 46.1 Å². The van der Waals surface area contributed by atoms with Gasteiger partial charge >= 0.3 is 0 Å². The molecule has 2 rings (SSSR count). The maximum atomic E-state index is 11.1. The van der Waals surface area contributed by atoms with Crippen LogP contribution in [-0.2, 0) is 6.42 Å². The number of hydrogen-bond acceptors (Lipinski definition) is 4. The normalized spacial score (nSPS) is 12.8. The van der Waals surface area contributed by atoms with Crippen molar-refractivity contribution in [3.63, 3.8) is 0 Å². The van der Waals surface area contributed by atoms with E-state index in [1.54, 1.807) is 24.4 Å². The molecule has 0 spiro atoms. The second kappa shape index (κ2) is 6.63. The highest BCUT2D eigenvalue weighted by molar-refractivity contribution is 5.90. The molecular weight excluding hydrogens is 266 g/mol. The van der Waals surface area contributed by atoms with E-state index < -0.39 is 0 Å². The van der Waals surface area contributed by atoms with E-state index in [2.05, 4.69) is 31.1 Å². The first-order chi connectivity index (χ1) is 10.0. The Labute approximate surface area is 124 Å². The first kappa shape index (κ1) is 15.4. The molecule has 0 aliphatic carbocycles. The van der Waals surface area contributed by atoms with Crippen molar-refractivity contribution in [3.8, 4) is 0 Å². The minimum absolute atomic E-state index is 0.117. The Morgan fingerprint density at radius 3 is 2.71 bits per heavy atom. The molecule has 1 N–H and O–H groups in total. The number of aromatic nitrogens is 1. The second-order valence-corrected chi connectivity index (χ2v) is 5.51. The highest BCUT2D eigenvalue weighted by Gasteiger charge is 2.18. The fourth-order valence-corrected chi connectivity index (χ4v) is 2.58. The lowest BCUT2D eigenvalue weighted by atomic mass is 9.94. The second-order valence-electron chi connectivity index (χ2n) is 5.51. The molecule has 1 aromatic carbocycles. The van der Waals surface area contributed by atoms with Gasteiger partial charge in [0.1, 0.15) is 0 Å². The highest BCUT2D eigenvalue weighted by atomic mass is 16.6. The molecular formula is C16H21N3O2. The molecule has 0 saturated carbocycles. The van der Waals surface area contributed by atoms with Crippen molar-refractivity contribution >= 4 is 16.6 Å². The molecule has 0 fully saturated rings. The zero-order valence-electron chi connectivity index (χ0n) is 12.7. The third-order valence-electron chi connectivity index (χ3n) is 3.74. The Bertz CT molecular complexity index is 640. The molecule has 0 aliphatic rings. The maximum Gasteiger partial charge on any atom is 0.278 e. The Balaban J connectivity index is 2.46. The quantitative estimate of drug-likeness (QED) is 0.653. The summed E-state index contributed by atoms with van der Waals surface area (Å²) in [7, 11) is 0. The molecule has 1 atom stereocenters. The molecule has 0 aliphatic heterocycles. The van der Waals surface area contributed by atoms with Gasteiger partial charge in [-0.25, -0.2) is 0 Å². The molecule has 0 amide bonds. The summed E-state index contributed by atoms with van der Waals surface area (Å²) in [5.74, 6) is 0.485. The number of nitro benzene ring substituents is 1. The molecule has 2 aromatic rings. The van der Waals surface area contributed by atoms with Crippen LogP contribution in [0.3, 0.4) is 0 Å². The third-order valence-corrected chi connectivity index (χ3v) is 3.74. The minimum atomic E-state index is -0.349. The van der Waals surface area contributed by atoms with Gasteiger partial charge in [0.25, 0.3) is 5.69 Å². The lowest BCUT2D eigenvalue weighted by Gasteiger charge is -2.22. The summed E-state index contributed by atoms with van der Waals surface area (Å²) < 4.78 is 0. The van der Waals surface area contributed by atoms with E-state index in [-0.39, 0.29) is 10.6 Å². The number of nitro groups is 1. The number of non-ortho nitro benzene ring substituents is 1. The van der Waals surface area contributed by atoms with Crippen LogP contribution in [0.4, 0.5) is 5.69 Å². The number of pyridine rings is 1. The molecule has 0 bridgehead atoms. The fourth-order valence-electron chi connectivity index (χ4n) is 2.58. The summed E-state index contributed by atoms with van der Waals surface area (Å²) in [6, 6.07) is 7.26. The van der Waals surface area contributed by atoms with Crippen molar-refractivity contribution in [2.75, 3.05) is 6.54 Å². The van der Waals surface area contributed by atoms with Crippen LogP contribution >= 0.6 is 0 Å². The van der Waals surface area contributed by atoms with Gasteiger partial charge in [0, 0.05) is 18.3 Å². The van der Waals surface area contributed by atoms with Gasteiger partial charge in [0.2, 0.25) is 0 Å². The van der Waals surface area contributed by atoms with Gasteiger partial charge in [-0.2, -0.15) is 0 Å².